The molecule has 0 saturated heterocycles. The van der Waals surface area contributed by atoms with Gasteiger partial charge in [-0.3, -0.25) is 4.90 Å². The lowest BCUT2D eigenvalue weighted by Crippen LogP contribution is -2.36. The van der Waals surface area contributed by atoms with Gasteiger partial charge in [0.05, 0.1) is 25.9 Å². The summed E-state index contributed by atoms with van der Waals surface area (Å²) >= 11 is 0. The SMILES string of the molecule is COc1ccccc1CN(CC(O)COC(C)C)C1CC1. The van der Waals surface area contributed by atoms with E-state index in [1.165, 1.54) is 18.4 Å². The molecule has 0 spiro atoms. The van der Waals surface area contributed by atoms with Gasteiger partial charge in [0.1, 0.15) is 5.75 Å². The van der Waals surface area contributed by atoms with Gasteiger partial charge in [0.25, 0.3) is 0 Å². The molecule has 0 heterocycles. The molecule has 4 nitrogen and oxygen atoms in total. The van der Waals surface area contributed by atoms with E-state index in [9.17, 15) is 5.11 Å². The van der Waals surface area contributed by atoms with Crippen LogP contribution in [0.15, 0.2) is 24.3 Å². The number of nitrogens with zero attached hydrogens (tertiary/aromatic N) is 1. The number of aliphatic hydroxyl groups is 1. The predicted molar refractivity (Wildman–Crippen MR) is 83.5 cm³/mol. The molecule has 0 amide bonds. The highest BCUT2D eigenvalue weighted by Gasteiger charge is 2.30. The normalized spacial score (nSPS) is 16.5. The molecule has 118 valence electrons. The largest absolute Gasteiger partial charge is 0.496 e. The van der Waals surface area contributed by atoms with Gasteiger partial charge < -0.3 is 14.6 Å². The van der Waals surface area contributed by atoms with Crippen LogP contribution in [0.3, 0.4) is 0 Å². The van der Waals surface area contributed by atoms with Crippen LogP contribution in [-0.2, 0) is 11.3 Å². The lowest BCUT2D eigenvalue weighted by atomic mass is 10.1. The van der Waals surface area contributed by atoms with Crippen molar-refractivity contribution in [1.29, 1.82) is 0 Å². The Labute approximate surface area is 127 Å². The van der Waals surface area contributed by atoms with Crippen LogP contribution in [0.2, 0.25) is 0 Å². The van der Waals surface area contributed by atoms with E-state index in [0.717, 1.165) is 12.3 Å². The molecule has 0 radical (unpaired) electrons. The topological polar surface area (TPSA) is 41.9 Å². The summed E-state index contributed by atoms with van der Waals surface area (Å²) in [6.45, 7) is 5.83. The van der Waals surface area contributed by atoms with E-state index in [0.29, 0.717) is 19.2 Å². The number of benzene rings is 1. The summed E-state index contributed by atoms with van der Waals surface area (Å²) in [5.74, 6) is 0.913. The molecule has 1 fully saturated rings. The second-order valence-corrected chi connectivity index (χ2v) is 6.01. The second kappa shape index (κ2) is 7.78. The van der Waals surface area contributed by atoms with Crippen LogP contribution in [0, 0.1) is 0 Å². The molecule has 4 heteroatoms. The number of para-hydroxylation sites is 1. The summed E-state index contributed by atoms with van der Waals surface area (Å²) in [6, 6.07) is 8.67. The van der Waals surface area contributed by atoms with Gasteiger partial charge in [-0.25, -0.2) is 0 Å². The summed E-state index contributed by atoms with van der Waals surface area (Å²) in [7, 11) is 1.70. The molecular formula is C17H27NO3. The highest BCUT2D eigenvalue weighted by molar-refractivity contribution is 5.33. The minimum absolute atomic E-state index is 0.156. The summed E-state index contributed by atoms with van der Waals surface area (Å²) in [5, 5.41) is 10.2. The molecule has 1 aromatic carbocycles. The quantitative estimate of drug-likeness (QED) is 0.759. The molecule has 1 aliphatic carbocycles. The van der Waals surface area contributed by atoms with Crippen LogP contribution >= 0.6 is 0 Å². The van der Waals surface area contributed by atoms with Crippen LogP contribution in [0.1, 0.15) is 32.3 Å². The molecule has 1 unspecified atom stereocenters. The Kier molecular flexibility index (Phi) is 6.03. The smallest absolute Gasteiger partial charge is 0.123 e. The van der Waals surface area contributed by atoms with Gasteiger partial charge in [-0.2, -0.15) is 0 Å². The van der Waals surface area contributed by atoms with Crippen LogP contribution in [-0.4, -0.2) is 48.5 Å². The van der Waals surface area contributed by atoms with Gasteiger partial charge in [-0.1, -0.05) is 18.2 Å². The Balaban J connectivity index is 1.93. The van der Waals surface area contributed by atoms with E-state index in [1.807, 2.05) is 32.0 Å². The maximum Gasteiger partial charge on any atom is 0.123 e. The van der Waals surface area contributed by atoms with E-state index in [4.69, 9.17) is 9.47 Å². The Morgan fingerprint density at radius 1 is 1.29 bits per heavy atom. The molecule has 1 atom stereocenters. The minimum atomic E-state index is -0.442. The Hall–Kier alpha value is -1.10. The Bertz CT molecular complexity index is 432. The summed E-state index contributed by atoms with van der Waals surface area (Å²) < 4.78 is 10.9. The van der Waals surface area contributed by atoms with Crippen molar-refractivity contribution in [2.24, 2.45) is 0 Å². The van der Waals surface area contributed by atoms with Crippen molar-refractivity contribution < 1.29 is 14.6 Å². The van der Waals surface area contributed by atoms with Gasteiger partial charge in [-0.05, 0) is 32.8 Å². The van der Waals surface area contributed by atoms with Crippen LogP contribution < -0.4 is 4.74 Å². The fourth-order valence-corrected chi connectivity index (χ4v) is 2.46. The highest BCUT2D eigenvalue weighted by Crippen LogP contribution is 2.30. The maximum atomic E-state index is 10.2. The first-order chi connectivity index (χ1) is 10.1. The number of ether oxygens (including phenoxy) is 2. The van der Waals surface area contributed by atoms with Gasteiger partial charge in [0.2, 0.25) is 0 Å². The Morgan fingerprint density at radius 2 is 2.00 bits per heavy atom. The fraction of sp³-hybridized carbons (Fsp3) is 0.647. The first kappa shape index (κ1) is 16.3. The third kappa shape index (κ3) is 5.30. The first-order valence-corrected chi connectivity index (χ1v) is 7.75. The zero-order valence-corrected chi connectivity index (χ0v) is 13.3. The van der Waals surface area contributed by atoms with Gasteiger partial charge in [0.15, 0.2) is 0 Å². The average molecular weight is 293 g/mol. The lowest BCUT2D eigenvalue weighted by Gasteiger charge is -2.26. The summed E-state index contributed by atoms with van der Waals surface area (Å²) in [5.41, 5.74) is 1.17. The molecule has 1 saturated carbocycles. The van der Waals surface area contributed by atoms with Gasteiger partial charge in [-0.15, -0.1) is 0 Å². The van der Waals surface area contributed by atoms with E-state index in [1.54, 1.807) is 7.11 Å². The molecule has 0 aliphatic heterocycles. The molecular weight excluding hydrogens is 266 g/mol. The molecule has 21 heavy (non-hydrogen) atoms. The van der Waals surface area contributed by atoms with E-state index >= 15 is 0 Å². The number of methoxy groups -OCH3 is 1. The zero-order chi connectivity index (χ0) is 15.2. The monoisotopic (exact) mass is 293 g/mol. The van der Waals surface area contributed by atoms with Crippen molar-refractivity contribution in [3.63, 3.8) is 0 Å². The van der Waals surface area contributed by atoms with E-state index in [-0.39, 0.29) is 6.10 Å². The molecule has 1 aliphatic rings. The van der Waals surface area contributed by atoms with Crippen molar-refractivity contribution >= 4 is 0 Å². The van der Waals surface area contributed by atoms with Crippen LogP contribution in [0.5, 0.6) is 5.75 Å². The highest BCUT2D eigenvalue weighted by atomic mass is 16.5. The first-order valence-electron chi connectivity index (χ1n) is 7.75. The number of hydrogen-bond donors (Lipinski definition) is 1. The van der Waals surface area contributed by atoms with Crippen molar-refractivity contribution in [1.82, 2.24) is 4.90 Å². The third-order valence-corrected chi connectivity index (χ3v) is 3.70. The van der Waals surface area contributed by atoms with Crippen molar-refractivity contribution in [2.75, 3.05) is 20.3 Å². The van der Waals surface area contributed by atoms with E-state index < -0.39 is 6.10 Å². The lowest BCUT2D eigenvalue weighted by molar-refractivity contribution is -0.0107. The fourth-order valence-electron chi connectivity index (χ4n) is 2.46. The number of rotatable bonds is 9. The summed E-state index contributed by atoms with van der Waals surface area (Å²) in [6.07, 6.45) is 2.14. The summed E-state index contributed by atoms with van der Waals surface area (Å²) in [4.78, 5) is 2.34. The number of hydrogen-bond acceptors (Lipinski definition) is 4. The maximum absolute atomic E-state index is 10.2. The molecule has 1 N–H and O–H groups in total. The molecule has 0 aromatic heterocycles. The van der Waals surface area contributed by atoms with Crippen LogP contribution in [0.4, 0.5) is 0 Å². The van der Waals surface area contributed by atoms with Gasteiger partial charge >= 0.3 is 0 Å². The zero-order valence-electron chi connectivity index (χ0n) is 13.3. The average Bonchev–Trinajstić information content (AvgIpc) is 3.29. The molecule has 2 rings (SSSR count). The third-order valence-electron chi connectivity index (χ3n) is 3.70. The van der Waals surface area contributed by atoms with Crippen LogP contribution in [0.25, 0.3) is 0 Å². The minimum Gasteiger partial charge on any atom is -0.496 e. The molecule has 1 aromatic rings. The standard InChI is InChI=1S/C17H27NO3/c1-13(2)21-12-16(19)11-18(15-8-9-15)10-14-6-4-5-7-17(14)20-3/h4-7,13,15-16,19H,8-12H2,1-3H3. The predicted octanol–water partition coefficient (Wildman–Crippen LogP) is 2.45. The van der Waals surface area contributed by atoms with Crippen molar-refractivity contribution in [2.45, 2.75) is 51.5 Å². The van der Waals surface area contributed by atoms with Gasteiger partial charge in [0, 0.05) is 24.7 Å². The number of aliphatic hydroxyl groups excluding tert-OH is 1. The van der Waals surface area contributed by atoms with E-state index in [2.05, 4.69) is 11.0 Å². The second-order valence-electron chi connectivity index (χ2n) is 6.01. The molecule has 0 bridgehead atoms. The van der Waals surface area contributed by atoms with Crippen molar-refractivity contribution in [3.8, 4) is 5.75 Å². The van der Waals surface area contributed by atoms with Crippen molar-refractivity contribution in [3.05, 3.63) is 29.8 Å². The Morgan fingerprint density at radius 3 is 2.62 bits per heavy atom.